The van der Waals surface area contributed by atoms with E-state index < -0.39 is 0 Å². The first-order valence-electron chi connectivity index (χ1n) is 6.18. The second-order valence-corrected chi connectivity index (χ2v) is 6.19. The van der Waals surface area contributed by atoms with Crippen molar-refractivity contribution in [2.75, 3.05) is 13.6 Å². The van der Waals surface area contributed by atoms with Crippen LogP contribution in [-0.2, 0) is 11.3 Å². The second-order valence-electron chi connectivity index (χ2n) is 5.16. The maximum absolute atomic E-state index is 11.7. The van der Waals surface area contributed by atoms with Crippen LogP contribution in [0.2, 0.25) is 0 Å². The van der Waals surface area contributed by atoms with Crippen LogP contribution in [0.25, 0.3) is 0 Å². The van der Waals surface area contributed by atoms with Gasteiger partial charge < -0.3 is 16.0 Å². The Morgan fingerprint density at radius 1 is 1.35 bits per heavy atom. The molecule has 0 aliphatic carbocycles. The molecule has 1 amide bonds. The van der Waals surface area contributed by atoms with Crippen LogP contribution in [0, 0.1) is 0 Å². The Hall–Kier alpha value is -0.830. The van der Waals surface area contributed by atoms with Gasteiger partial charge in [0.25, 0.3) is 0 Å². The second kappa shape index (κ2) is 9.17. The molecule has 1 aromatic rings. The molecule has 20 heavy (non-hydrogen) atoms. The molecule has 5 nitrogen and oxygen atoms in total. The molecular formula is C13H23IN4OS. The number of guanidine groups is 1. The summed E-state index contributed by atoms with van der Waals surface area (Å²) < 4.78 is 0. The number of carbonyl (C=O) groups excluding carboxylic acids is 1. The minimum absolute atomic E-state index is 0. The van der Waals surface area contributed by atoms with Crippen molar-refractivity contribution >= 4 is 47.2 Å². The van der Waals surface area contributed by atoms with E-state index in [4.69, 9.17) is 0 Å². The SMILES string of the molecule is CN=C(NCC(=O)NC(C)(C)C)NCc1cccs1.I. The average molecular weight is 410 g/mol. The number of nitrogens with one attached hydrogen (secondary N) is 3. The lowest BCUT2D eigenvalue weighted by Gasteiger charge is -2.21. The third-order valence-corrected chi connectivity index (χ3v) is 3.04. The van der Waals surface area contributed by atoms with Crippen molar-refractivity contribution in [3.05, 3.63) is 22.4 Å². The van der Waals surface area contributed by atoms with Gasteiger partial charge in [-0.1, -0.05) is 6.07 Å². The van der Waals surface area contributed by atoms with E-state index in [2.05, 4.69) is 27.0 Å². The van der Waals surface area contributed by atoms with E-state index in [1.165, 1.54) is 4.88 Å². The summed E-state index contributed by atoms with van der Waals surface area (Å²) in [5.74, 6) is 0.573. The molecule has 1 heterocycles. The number of aliphatic imine (C=N–C) groups is 1. The van der Waals surface area contributed by atoms with Gasteiger partial charge in [-0.2, -0.15) is 0 Å². The van der Waals surface area contributed by atoms with Gasteiger partial charge in [-0.15, -0.1) is 35.3 Å². The monoisotopic (exact) mass is 410 g/mol. The smallest absolute Gasteiger partial charge is 0.239 e. The predicted molar refractivity (Wildman–Crippen MR) is 95.8 cm³/mol. The van der Waals surface area contributed by atoms with E-state index in [0.29, 0.717) is 12.5 Å². The van der Waals surface area contributed by atoms with Crippen molar-refractivity contribution in [3.63, 3.8) is 0 Å². The average Bonchev–Trinajstić information content (AvgIpc) is 2.80. The lowest BCUT2D eigenvalue weighted by Crippen LogP contribution is -2.48. The Morgan fingerprint density at radius 2 is 2.05 bits per heavy atom. The van der Waals surface area contributed by atoms with Gasteiger partial charge in [-0.3, -0.25) is 9.79 Å². The van der Waals surface area contributed by atoms with Crippen LogP contribution in [0.15, 0.2) is 22.5 Å². The minimum atomic E-state index is -0.216. The molecule has 0 spiro atoms. The fourth-order valence-electron chi connectivity index (χ4n) is 1.43. The summed E-state index contributed by atoms with van der Waals surface area (Å²) in [6.07, 6.45) is 0. The molecule has 0 fully saturated rings. The van der Waals surface area contributed by atoms with Crippen molar-refractivity contribution in [1.29, 1.82) is 0 Å². The highest BCUT2D eigenvalue weighted by atomic mass is 127. The maximum Gasteiger partial charge on any atom is 0.239 e. The van der Waals surface area contributed by atoms with Crippen LogP contribution >= 0.6 is 35.3 Å². The molecule has 0 bridgehead atoms. The van der Waals surface area contributed by atoms with Gasteiger partial charge in [0, 0.05) is 17.5 Å². The zero-order valence-electron chi connectivity index (χ0n) is 12.3. The van der Waals surface area contributed by atoms with E-state index in [9.17, 15) is 4.79 Å². The Kier molecular flexibility index (Phi) is 8.79. The van der Waals surface area contributed by atoms with Gasteiger partial charge in [-0.25, -0.2) is 0 Å². The van der Waals surface area contributed by atoms with Crippen LogP contribution in [0.4, 0.5) is 0 Å². The Bertz CT molecular complexity index is 426. The molecule has 0 saturated heterocycles. The summed E-state index contributed by atoms with van der Waals surface area (Å²) in [7, 11) is 1.69. The zero-order valence-corrected chi connectivity index (χ0v) is 15.5. The Morgan fingerprint density at radius 3 is 2.55 bits per heavy atom. The topological polar surface area (TPSA) is 65.5 Å². The molecular weight excluding hydrogens is 387 g/mol. The Labute approximate surface area is 141 Å². The van der Waals surface area contributed by atoms with Gasteiger partial charge in [0.15, 0.2) is 5.96 Å². The summed E-state index contributed by atoms with van der Waals surface area (Å²) >= 11 is 1.68. The van der Waals surface area contributed by atoms with Crippen molar-refractivity contribution in [2.45, 2.75) is 32.9 Å². The van der Waals surface area contributed by atoms with Crippen LogP contribution in [0.1, 0.15) is 25.6 Å². The van der Waals surface area contributed by atoms with Gasteiger partial charge in [0.1, 0.15) is 0 Å². The third kappa shape index (κ3) is 8.36. The van der Waals surface area contributed by atoms with Gasteiger partial charge in [-0.05, 0) is 32.2 Å². The molecule has 3 N–H and O–H groups in total. The highest BCUT2D eigenvalue weighted by Crippen LogP contribution is 2.06. The first kappa shape index (κ1) is 19.2. The molecule has 0 atom stereocenters. The number of hydrogen-bond donors (Lipinski definition) is 3. The molecule has 0 saturated carbocycles. The number of halogens is 1. The minimum Gasteiger partial charge on any atom is -0.352 e. The molecule has 7 heteroatoms. The third-order valence-electron chi connectivity index (χ3n) is 2.16. The number of carbonyl (C=O) groups is 1. The molecule has 0 radical (unpaired) electrons. The van der Waals surface area contributed by atoms with Crippen LogP contribution in [0.3, 0.4) is 0 Å². The van der Waals surface area contributed by atoms with Crippen LogP contribution < -0.4 is 16.0 Å². The highest BCUT2D eigenvalue weighted by molar-refractivity contribution is 14.0. The first-order chi connectivity index (χ1) is 8.90. The zero-order chi connectivity index (χ0) is 14.3. The van der Waals surface area contributed by atoms with Gasteiger partial charge >= 0.3 is 0 Å². The van der Waals surface area contributed by atoms with E-state index >= 15 is 0 Å². The molecule has 1 rings (SSSR count). The van der Waals surface area contributed by atoms with Crippen molar-refractivity contribution in [2.24, 2.45) is 4.99 Å². The normalized spacial score (nSPS) is 11.5. The lowest BCUT2D eigenvalue weighted by molar-refractivity contribution is -0.121. The van der Waals surface area contributed by atoms with E-state index in [-0.39, 0.29) is 42.0 Å². The number of thiophene rings is 1. The summed E-state index contributed by atoms with van der Waals surface area (Å²) in [6, 6.07) is 4.06. The van der Waals surface area contributed by atoms with E-state index in [0.717, 1.165) is 0 Å². The molecule has 0 aliphatic rings. The highest BCUT2D eigenvalue weighted by Gasteiger charge is 2.13. The molecule has 0 unspecified atom stereocenters. The van der Waals surface area contributed by atoms with Crippen LogP contribution in [-0.4, -0.2) is 31.0 Å². The number of hydrogen-bond acceptors (Lipinski definition) is 3. The first-order valence-corrected chi connectivity index (χ1v) is 7.06. The summed E-state index contributed by atoms with van der Waals surface area (Å²) in [5.41, 5.74) is -0.216. The fourth-order valence-corrected chi connectivity index (χ4v) is 2.08. The fraction of sp³-hybridized carbons (Fsp3) is 0.538. The number of rotatable bonds is 4. The van der Waals surface area contributed by atoms with Crippen LogP contribution in [0.5, 0.6) is 0 Å². The number of amides is 1. The number of nitrogens with zero attached hydrogens (tertiary/aromatic N) is 1. The van der Waals surface area contributed by atoms with E-state index in [1.54, 1.807) is 18.4 Å². The summed E-state index contributed by atoms with van der Waals surface area (Å²) in [5, 5.41) is 11.1. The lowest BCUT2D eigenvalue weighted by atomic mass is 10.1. The van der Waals surface area contributed by atoms with E-state index in [1.807, 2.05) is 32.2 Å². The largest absolute Gasteiger partial charge is 0.352 e. The molecule has 114 valence electrons. The van der Waals surface area contributed by atoms with Crippen molar-refractivity contribution < 1.29 is 4.79 Å². The molecule has 1 aromatic heterocycles. The quantitative estimate of drug-likeness (QED) is 0.404. The predicted octanol–water partition coefficient (Wildman–Crippen LogP) is 1.95. The summed E-state index contributed by atoms with van der Waals surface area (Å²) in [6.45, 7) is 6.78. The summed E-state index contributed by atoms with van der Waals surface area (Å²) in [4.78, 5) is 17.0. The standard InChI is InChI=1S/C13H22N4OS.HI/c1-13(2,3)17-11(18)9-16-12(14-4)15-8-10-6-5-7-19-10;/h5-7H,8-9H2,1-4H3,(H,17,18)(H2,14,15,16);1H. The Balaban J connectivity index is 0.00000361. The van der Waals surface area contributed by atoms with Gasteiger partial charge in [0.2, 0.25) is 5.91 Å². The molecule has 0 aromatic carbocycles. The maximum atomic E-state index is 11.7. The van der Waals surface area contributed by atoms with Crippen molar-refractivity contribution in [1.82, 2.24) is 16.0 Å². The van der Waals surface area contributed by atoms with Crippen molar-refractivity contribution in [3.8, 4) is 0 Å². The molecule has 0 aliphatic heterocycles. The van der Waals surface area contributed by atoms with Gasteiger partial charge in [0.05, 0.1) is 13.1 Å².